The predicted molar refractivity (Wildman–Crippen MR) is 66.0 cm³/mol. The highest BCUT2D eigenvalue weighted by Crippen LogP contribution is 2.08. The summed E-state index contributed by atoms with van der Waals surface area (Å²) in [7, 11) is 0. The van der Waals surface area contributed by atoms with E-state index >= 15 is 0 Å². The Morgan fingerprint density at radius 2 is 2.06 bits per heavy atom. The third kappa shape index (κ3) is 4.04. The Hall–Kier alpha value is -1.33. The molecule has 0 saturated heterocycles. The van der Waals surface area contributed by atoms with Crippen LogP contribution in [0.3, 0.4) is 0 Å². The summed E-state index contributed by atoms with van der Waals surface area (Å²) in [6.07, 6.45) is 6.18. The maximum absolute atomic E-state index is 12.4. The average molecular weight is 219 g/mol. The first-order chi connectivity index (χ1) is 7.77. The van der Waals surface area contributed by atoms with Crippen LogP contribution in [0.5, 0.6) is 0 Å². The summed E-state index contributed by atoms with van der Waals surface area (Å²) < 4.78 is 12.4. The maximum atomic E-state index is 12.4. The third-order valence-corrected chi connectivity index (χ3v) is 2.66. The highest BCUT2D eigenvalue weighted by Gasteiger charge is 2.12. The Labute approximate surface area is 97.3 Å². The van der Waals surface area contributed by atoms with Gasteiger partial charge in [-0.2, -0.15) is 0 Å². The van der Waals surface area contributed by atoms with Crippen molar-refractivity contribution in [1.29, 1.82) is 0 Å². The minimum Gasteiger partial charge on any atom is -0.287 e. The summed E-state index contributed by atoms with van der Waals surface area (Å²) >= 11 is 0. The highest BCUT2D eigenvalue weighted by atomic mass is 19.1. The first-order valence-corrected chi connectivity index (χ1v) is 5.55. The second-order valence-corrected chi connectivity index (χ2v) is 3.90. The van der Waals surface area contributed by atoms with Crippen LogP contribution in [0.25, 0.3) is 0 Å². The zero-order chi connectivity index (χ0) is 11.8. The van der Waals surface area contributed by atoms with E-state index in [-0.39, 0.29) is 12.7 Å². The van der Waals surface area contributed by atoms with Crippen molar-refractivity contribution >= 4 is 0 Å². The molecule has 0 N–H and O–H groups in total. The lowest BCUT2D eigenvalue weighted by molar-refractivity contribution is 0.214. The lowest BCUT2D eigenvalue weighted by atomic mass is 10.1. The Bertz CT molecular complexity index is 328. The average Bonchev–Trinajstić information content (AvgIpc) is 2.30. The van der Waals surface area contributed by atoms with E-state index in [0.29, 0.717) is 13.1 Å². The molecular weight excluding hydrogens is 201 g/mol. The summed E-state index contributed by atoms with van der Waals surface area (Å²) in [5.41, 5.74) is 1.26. The van der Waals surface area contributed by atoms with Gasteiger partial charge in [-0.3, -0.25) is 4.90 Å². The van der Waals surface area contributed by atoms with Gasteiger partial charge in [0.25, 0.3) is 0 Å². The molecule has 1 aromatic carbocycles. The fourth-order valence-electron chi connectivity index (χ4n) is 1.77. The lowest BCUT2D eigenvalue weighted by Crippen LogP contribution is -2.36. The Morgan fingerprint density at radius 1 is 1.38 bits per heavy atom. The molecule has 0 heterocycles. The van der Waals surface area contributed by atoms with Crippen LogP contribution >= 0.6 is 0 Å². The number of hydrogen-bond acceptors (Lipinski definition) is 1. The molecule has 0 aliphatic carbocycles. The number of benzene rings is 1. The van der Waals surface area contributed by atoms with Crippen LogP contribution in [0.2, 0.25) is 0 Å². The van der Waals surface area contributed by atoms with Crippen LogP contribution in [-0.2, 0) is 6.42 Å². The molecule has 2 heteroatoms. The topological polar surface area (TPSA) is 3.24 Å². The quantitative estimate of drug-likeness (QED) is 0.664. The summed E-state index contributed by atoms with van der Waals surface area (Å²) in [6.45, 7) is 2.66. The molecule has 1 aromatic rings. The molecule has 1 nitrogen and oxygen atoms in total. The molecule has 0 bridgehead atoms. The van der Waals surface area contributed by atoms with Crippen LogP contribution < -0.4 is 0 Å². The fraction of sp³-hybridized carbons (Fsp3) is 0.429. The molecule has 1 unspecified atom stereocenters. The van der Waals surface area contributed by atoms with Crippen molar-refractivity contribution in [3.63, 3.8) is 0 Å². The minimum atomic E-state index is -0.346. The normalized spacial score (nSPS) is 12.4. The van der Waals surface area contributed by atoms with E-state index < -0.39 is 0 Å². The summed E-state index contributed by atoms with van der Waals surface area (Å²) in [4.78, 5) is 1.99. The van der Waals surface area contributed by atoms with Crippen molar-refractivity contribution in [2.24, 2.45) is 0 Å². The number of terminal acetylenes is 1. The molecule has 0 aliphatic rings. The van der Waals surface area contributed by atoms with E-state index in [1.54, 1.807) is 0 Å². The second-order valence-electron chi connectivity index (χ2n) is 3.90. The molecule has 1 atom stereocenters. The molecule has 86 valence electrons. The summed E-state index contributed by atoms with van der Waals surface area (Å²) in [6, 6.07) is 10.5. The molecule has 0 saturated carbocycles. The van der Waals surface area contributed by atoms with E-state index in [0.717, 1.165) is 6.42 Å². The first kappa shape index (κ1) is 12.7. The van der Waals surface area contributed by atoms with Gasteiger partial charge in [-0.05, 0) is 18.9 Å². The molecule has 0 fully saturated rings. The van der Waals surface area contributed by atoms with Crippen molar-refractivity contribution in [3.8, 4) is 12.3 Å². The molecule has 0 aromatic heterocycles. The van der Waals surface area contributed by atoms with E-state index in [1.165, 1.54) is 5.56 Å². The largest absolute Gasteiger partial charge is 0.287 e. The van der Waals surface area contributed by atoms with Crippen LogP contribution in [0.4, 0.5) is 4.39 Å². The van der Waals surface area contributed by atoms with E-state index in [4.69, 9.17) is 6.42 Å². The highest BCUT2D eigenvalue weighted by molar-refractivity contribution is 5.15. The van der Waals surface area contributed by atoms with E-state index in [1.807, 2.05) is 23.1 Å². The maximum Gasteiger partial charge on any atom is 0.102 e. The van der Waals surface area contributed by atoms with Crippen molar-refractivity contribution in [2.75, 3.05) is 19.8 Å². The van der Waals surface area contributed by atoms with Gasteiger partial charge in [0.1, 0.15) is 6.67 Å². The van der Waals surface area contributed by atoms with Gasteiger partial charge in [-0.25, -0.2) is 4.39 Å². The van der Waals surface area contributed by atoms with Gasteiger partial charge in [-0.15, -0.1) is 6.42 Å². The van der Waals surface area contributed by atoms with E-state index in [9.17, 15) is 4.39 Å². The van der Waals surface area contributed by atoms with E-state index in [2.05, 4.69) is 25.0 Å². The van der Waals surface area contributed by atoms with Crippen LogP contribution in [0.15, 0.2) is 30.3 Å². The van der Waals surface area contributed by atoms with Crippen molar-refractivity contribution < 1.29 is 4.39 Å². The van der Waals surface area contributed by atoms with Crippen molar-refractivity contribution in [1.82, 2.24) is 4.90 Å². The van der Waals surface area contributed by atoms with Gasteiger partial charge in [0.05, 0.1) is 6.54 Å². The van der Waals surface area contributed by atoms with Gasteiger partial charge < -0.3 is 0 Å². The van der Waals surface area contributed by atoms with Gasteiger partial charge in [0.15, 0.2) is 0 Å². The number of rotatable bonds is 6. The molecule has 1 rings (SSSR count). The predicted octanol–water partition coefficient (Wildman–Crippen LogP) is 2.52. The molecule has 0 amide bonds. The van der Waals surface area contributed by atoms with Crippen molar-refractivity contribution in [3.05, 3.63) is 35.9 Å². The Balaban J connectivity index is 2.55. The summed E-state index contributed by atoms with van der Waals surface area (Å²) in [5, 5.41) is 0. The number of alkyl halides is 1. The zero-order valence-electron chi connectivity index (χ0n) is 9.70. The number of nitrogens with zero attached hydrogens (tertiary/aromatic N) is 1. The van der Waals surface area contributed by atoms with Gasteiger partial charge in [-0.1, -0.05) is 36.3 Å². The number of hydrogen-bond donors (Lipinski definition) is 0. The van der Waals surface area contributed by atoms with Gasteiger partial charge >= 0.3 is 0 Å². The molecule has 16 heavy (non-hydrogen) atoms. The van der Waals surface area contributed by atoms with Crippen LogP contribution in [-0.4, -0.2) is 30.7 Å². The zero-order valence-corrected chi connectivity index (χ0v) is 9.70. The molecule has 0 radical (unpaired) electrons. The van der Waals surface area contributed by atoms with Gasteiger partial charge in [0, 0.05) is 12.6 Å². The van der Waals surface area contributed by atoms with Gasteiger partial charge in [0.2, 0.25) is 0 Å². The Kier molecular flexibility index (Phi) is 5.60. The molecular formula is C14H18FN. The van der Waals surface area contributed by atoms with Crippen molar-refractivity contribution in [2.45, 2.75) is 19.4 Å². The van der Waals surface area contributed by atoms with Crippen LogP contribution in [0, 0.1) is 12.3 Å². The van der Waals surface area contributed by atoms with Crippen LogP contribution in [0.1, 0.15) is 12.5 Å². The Morgan fingerprint density at radius 3 is 2.62 bits per heavy atom. The standard InChI is InChI=1S/C14H18FN/c1-3-10-16(11-9-15)13(2)12-14-7-5-4-6-8-14/h1,4-8,13H,9-12H2,2H3. The molecule has 0 spiro atoms. The third-order valence-electron chi connectivity index (χ3n) is 2.66. The SMILES string of the molecule is C#CCN(CCF)C(C)Cc1ccccc1. The molecule has 0 aliphatic heterocycles. The fourth-order valence-corrected chi connectivity index (χ4v) is 1.77. The smallest absolute Gasteiger partial charge is 0.102 e. The number of halogens is 1. The second kappa shape index (κ2) is 7.03. The minimum absolute atomic E-state index is 0.272. The monoisotopic (exact) mass is 219 g/mol. The summed E-state index contributed by atoms with van der Waals surface area (Å²) in [5.74, 6) is 2.58. The lowest BCUT2D eigenvalue weighted by Gasteiger charge is -2.26. The first-order valence-electron chi connectivity index (χ1n) is 5.55.